The number of benzene rings is 2. The Kier molecular flexibility index (Phi) is 6.91. The van der Waals surface area contributed by atoms with Gasteiger partial charge in [0.1, 0.15) is 11.6 Å². The summed E-state index contributed by atoms with van der Waals surface area (Å²) >= 11 is 0. The van der Waals surface area contributed by atoms with E-state index in [2.05, 4.69) is 25.9 Å². The van der Waals surface area contributed by atoms with Crippen molar-refractivity contribution in [3.8, 4) is 0 Å². The Balaban J connectivity index is 1.65. The van der Waals surface area contributed by atoms with Gasteiger partial charge in [-0.25, -0.2) is 9.37 Å². The summed E-state index contributed by atoms with van der Waals surface area (Å²) in [6, 6.07) is 9.77. The maximum atomic E-state index is 14.0. The highest BCUT2D eigenvalue weighted by Crippen LogP contribution is 2.33. The Hall–Kier alpha value is -4.02. The summed E-state index contributed by atoms with van der Waals surface area (Å²) < 4.78 is 52.7. The summed E-state index contributed by atoms with van der Waals surface area (Å²) in [5.41, 5.74) is 0.607. The van der Waals surface area contributed by atoms with Crippen LogP contribution in [0.25, 0.3) is 0 Å². The average molecular weight is 501 g/mol. The van der Waals surface area contributed by atoms with Crippen molar-refractivity contribution in [3.63, 3.8) is 0 Å². The second kappa shape index (κ2) is 9.92. The fourth-order valence-electron chi connectivity index (χ4n) is 3.32. The molecule has 36 heavy (non-hydrogen) atoms. The third-order valence-corrected chi connectivity index (χ3v) is 5.50. The summed E-state index contributed by atoms with van der Waals surface area (Å²) in [4.78, 5) is 21.0. The SMILES string of the molecule is CC(C)C(=N)c1cc(Nc2ccc(C(F)(F)F)cc2)nc(Nc2cc(F)ccc2NC(=O)C2CC2)n1. The Morgan fingerprint density at radius 1 is 1.00 bits per heavy atom. The first-order chi connectivity index (χ1) is 17.0. The van der Waals surface area contributed by atoms with Crippen LogP contribution >= 0.6 is 0 Å². The van der Waals surface area contributed by atoms with E-state index >= 15 is 0 Å². The van der Waals surface area contributed by atoms with Crippen LogP contribution in [0, 0.1) is 23.1 Å². The van der Waals surface area contributed by atoms with Crippen molar-refractivity contribution in [2.75, 3.05) is 16.0 Å². The smallest absolute Gasteiger partial charge is 0.340 e. The minimum Gasteiger partial charge on any atom is -0.340 e. The Bertz CT molecular complexity index is 1290. The second-order valence-electron chi connectivity index (χ2n) is 8.81. The van der Waals surface area contributed by atoms with Gasteiger partial charge in [-0.1, -0.05) is 13.8 Å². The van der Waals surface area contributed by atoms with E-state index in [1.165, 1.54) is 36.4 Å². The molecule has 1 heterocycles. The monoisotopic (exact) mass is 500 g/mol. The molecule has 4 rings (SSSR count). The number of nitrogens with one attached hydrogen (secondary N) is 4. The number of carbonyl (C=O) groups excluding carboxylic acids is 1. The van der Waals surface area contributed by atoms with Gasteiger partial charge in [0.25, 0.3) is 0 Å². The molecule has 0 radical (unpaired) electrons. The van der Waals surface area contributed by atoms with Gasteiger partial charge in [0, 0.05) is 17.7 Å². The Morgan fingerprint density at radius 3 is 2.31 bits per heavy atom. The molecule has 2 aromatic carbocycles. The first-order valence-electron chi connectivity index (χ1n) is 11.3. The quantitative estimate of drug-likeness (QED) is 0.209. The highest BCUT2D eigenvalue weighted by Gasteiger charge is 2.31. The Morgan fingerprint density at radius 2 is 1.69 bits per heavy atom. The van der Waals surface area contributed by atoms with E-state index in [4.69, 9.17) is 5.41 Å². The van der Waals surface area contributed by atoms with Crippen molar-refractivity contribution >= 4 is 40.4 Å². The average Bonchev–Trinajstić information content (AvgIpc) is 3.65. The van der Waals surface area contributed by atoms with Gasteiger partial charge in [-0.3, -0.25) is 4.79 Å². The number of nitrogens with zero attached hydrogens (tertiary/aromatic N) is 2. The summed E-state index contributed by atoms with van der Waals surface area (Å²) in [6.07, 6.45) is -2.85. The van der Waals surface area contributed by atoms with Gasteiger partial charge < -0.3 is 21.4 Å². The molecular weight excluding hydrogens is 476 g/mol. The van der Waals surface area contributed by atoms with Crippen molar-refractivity contribution in [2.24, 2.45) is 11.8 Å². The molecule has 0 bridgehead atoms. The zero-order valence-corrected chi connectivity index (χ0v) is 19.5. The zero-order valence-electron chi connectivity index (χ0n) is 19.5. The predicted molar refractivity (Wildman–Crippen MR) is 129 cm³/mol. The lowest BCUT2D eigenvalue weighted by Gasteiger charge is -2.16. The first kappa shape index (κ1) is 25.1. The fraction of sp³-hybridized carbons (Fsp3) is 0.280. The van der Waals surface area contributed by atoms with Crippen LogP contribution < -0.4 is 16.0 Å². The topological polar surface area (TPSA) is 103 Å². The highest BCUT2D eigenvalue weighted by atomic mass is 19.4. The van der Waals surface area contributed by atoms with Gasteiger partial charge in [0.2, 0.25) is 11.9 Å². The van der Waals surface area contributed by atoms with E-state index in [1.54, 1.807) is 0 Å². The van der Waals surface area contributed by atoms with Crippen LogP contribution in [0.4, 0.5) is 46.4 Å². The van der Waals surface area contributed by atoms with Gasteiger partial charge in [0.15, 0.2) is 0 Å². The number of alkyl halides is 3. The molecule has 1 aromatic heterocycles. The number of rotatable bonds is 8. The van der Waals surface area contributed by atoms with Crippen molar-refractivity contribution < 1.29 is 22.4 Å². The lowest BCUT2D eigenvalue weighted by atomic mass is 10.1. The molecule has 0 spiro atoms. The summed E-state index contributed by atoms with van der Waals surface area (Å²) in [6.45, 7) is 3.64. The van der Waals surface area contributed by atoms with Crippen molar-refractivity contribution in [1.82, 2.24) is 9.97 Å². The van der Waals surface area contributed by atoms with Crippen LogP contribution in [-0.4, -0.2) is 21.6 Å². The molecule has 1 amide bonds. The summed E-state index contributed by atoms with van der Waals surface area (Å²) in [5, 5.41) is 17.0. The zero-order chi connectivity index (χ0) is 26.0. The molecular formula is C25H24F4N6O. The third kappa shape index (κ3) is 6.15. The van der Waals surface area contributed by atoms with Crippen LogP contribution in [0.15, 0.2) is 48.5 Å². The normalized spacial score (nSPS) is 13.4. The lowest BCUT2D eigenvalue weighted by Crippen LogP contribution is -2.16. The van der Waals surface area contributed by atoms with Crippen LogP contribution in [-0.2, 0) is 11.0 Å². The van der Waals surface area contributed by atoms with Crippen LogP contribution in [0.1, 0.15) is 37.9 Å². The molecule has 3 aromatic rings. The summed E-state index contributed by atoms with van der Waals surface area (Å²) in [7, 11) is 0. The van der Waals surface area contributed by atoms with Crippen molar-refractivity contribution in [1.29, 1.82) is 5.41 Å². The van der Waals surface area contributed by atoms with Gasteiger partial charge in [-0.2, -0.15) is 18.2 Å². The molecule has 1 fully saturated rings. The van der Waals surface area contributed by atoms with E-state index in [-0.39, 0.29) is 46.6 Å². The van der Waals surface area contributed by atoms with Gasteiger partial charge in [-0.15, -0.1) is 0 Å². The van der Waals surface area contributed by atoms with Crippen molar-refractivity contribution in [3.05, 3.63) is 65.6 Å². The second-order valence-corrected chi connectivity index (χ2v) is 8.81. The highest BCUT2D eigenvalue weighted by molar-refractivity contribution is 5.99. The molecule has 0 saturated heterocycles. The molecule has 1 saturated carbocycles. The lowest BCUT2D eigenvalue weighted by molar-refractivity contribution is -0.137. The number of amides is 1. The minimum atomic E-state index is -4.46. The molecule has 188 valence electrons. The molecule has 7 nitrogen and oxygen atoms in total. The molecule has 1 aliphatic carbocycles. The van der Waals surface area contributed by atoms with Gasteiger partial charge in [0.05, 0.1) is 28.3 Å². The molecule has 0 aliphatic heterocycles. The molecule has 0 unspecified atom stereocenters. The number of carbonyl (C=O) groups is 1. The number of aromatic nitrogens is 2. The molecule has 11 heteroatoms. The Labute approximate surface area is 204 Å². The fourth-order valence-corrected chi connectivity index (χ4v) is 3.32. The maximum Gasteiger partial charge on any atom is 0.416 e. The molecule has 0 atom stereocenters. The van der Waals surface area contributed by atoms with Gasteiger partial charge >= 0.3 is 6.18 Å². The molecule has 4 N–H and O–H groups in total. The number of hydrogen-bond acceptors (Lipinski definition) is 6. The summed E-state index contributed by atoms with van der Waals surface area (Å²) in [5.74, 6) is -0.711. The first-order valence-corrected chi connectivity index (χ1v) is 11.3. The van der Waals surface area contributed by atoms with Crippen molar-refractivity contribution in [2.45, 2.75) is 32.9 Å². The largest absolute Gasteiger partial charge is 0.416 e. The predicted octanol–water partition coefficient (Wildman–Crippen LogP) is 6.49. The van der Waals surface area contributed by atoms with E-state index < -0.39 is 17.6 Å². The maximum absolute atomic E-state index is 14.0. The molecule has 1 aliphatic rings. The minimum absolute atomic E-state index is 0.0137. The van der Waals surface area contributed by atoms with Crippen LogP contribution in [0.5, 0.6) is 0 Å². The number of hydrogen-bond donors (Lipinski definition) is 4. The standard InChI is InChI=1S/C25H24F4N6O/c1-13(2)22(30)20-12-21(31-17-8-5-15(6-9-17)25(27,28)29)35-24(34-20)33-19-11-16(26)7-10-18(19)32-23(36)14-3-4-14/h5-14,30H,3-4H2,1-2H3,(H,32,36)(H2,31,33,34,35). The van der Waals surface area contributed by atoms with E-state index in [0.29, 0.717) is 11.4 Å². The van der Waals surface area contributed by atoms with E-state index in [9.17, 15) is 22.4 Å². The van der Waals surface area contributed by atoms with E-state index in [1.807, 2.05) is 13.8 Å². The third-order valence-electron chi connectivity index (χ3n) is 5.50. The number of anilines is 5. The van der Waals surface area contributed by atoms with Crippen LogP contribution in [0.3, 0.4) is 0 Å². The van der Waals surface area contributed by atoms with E-state index in [0.717, 1.165) is 25.0 Å². The number of halogens is 4. The van der Waals surface area contributed by atoms with Gasteiger partial charge in [-0.05, 0) is 61.2 Å². The van der Waals surface area contributed by atoms with Crippen LogP contribution in [0.2, 0.25) is 0 Å².